The Kier molecular flexibility index (Phi) is 2.23. The predicted molar refractivity (Wildman–Crippen MR) is 40.3 cm³/mol. The zero-order chi connectivity index (χ0) is 9.14. The van der Waals surface area contributed by atoms with E-state index in [2.05, 4.69) is 0 Å². The van der Waals surface area contributed by atoms with Crippen molar-refractivity contribution in [2.75, 3.05) is 0 Å². The van der Waals surface area contributed by atoms with Gasteiger partial charge in [-0.1, -0.05) is 0 Å². The molecule has 1 aromatic heterocycles. The fraction of sp³-hybridized carbons (Fsp3) is 0.143. The van der Waals surface area contributed by atoms with Crippen molar-refractivity contribution in [1.29, 1.82) is 0 Å². The van der Waals surface area contributed by atoms with Crippen molar-refractivity contribution < 1.29 is 9.18 Å². The summed E-state index contributed by atoms with van der Waals surface area (Å²) in [4.78, 5) is 21.6. The van der Waals surface area contributed by atoms with Crippen LogP contribution in [0.1, 0.15) is 10.4 Å². The second-order valence-corrected chi connectivity index (χ2v) is 2.18. The van der Waals surface area contributed by atoms with Gasteiger partial charge in [0.05, 0.1) is 0 Å². The fourth-order valence-corrected chi connectivity index (χ4v) is 0.818. The standard InChI is InChI=1S/C7H7FN2O2/c8-4-10-3-1-2-5(6(9)11)7(10)12/h1-3H,4H2,(H2,9,11). The third kappa shape index (κ3) is 1.34. The van der Waals surface area contributed by atoms with Crippen LogP contribution in [0.2, 0.25) is 0 Å². The number of nitrogens with two attached hydrogens (primary N) is 1. The van der Waals surface area contributed by atoms with Crippen LogP contribution in [0.25, 0.3) is 0 Å². The molecule has 1 aromatic rings. The second-order valence-electron chi connectivity index (χ2n) is 2.18. The largest absolute Gasteiger partial charge is 0.365 e. The SMILES string of the molecule is NC(=O)c1cccn(CF)c1=O. The van der Waals surface area contributed by atoms with Gasteiger partial charge in [0.1, 0.15) is 5.56 Å². The van der Waals surface area contributed by atoms with E-state index in [1.807, 2.05) is 0 Å². The number of carbonyl (C=O) groups excluding carboxylic acids is 1. The summed E-state index contributed by atoms with van der Waals surface area (Å²) in [6, 6.07) is 2.65. The van der Waals surface area contributed by atoms with Gasteiger partial charge in [0.15, 0.2) is 6.80 Å². The zero-order valence-electron chi connectivity index (χ0n) is 6.16. The molecule has 0 spiro atoms. The minimum absolute atomic E-state index is 0.199. The maximum atomic E-state index is 12.0. The molecular weight excluding hydrogens is 163 g/mol. The summed E-state index contributed by atoms with van der Waals surface area (Å²) in [5, 5.41) is 0. The monoisotopic (exact) mass is 170 g/mol. The minimum Gasteiger partial charge on any atom is -0.365 e. The molecule has 4 nitrogen and oxygen atoms in total. The highest BCUT2D eigenvalue weighted by Crippen LogP contribution is 1.90. The van der Waals surface area contributed by atoms with E-state index < -0.39 is 18.3 Å². The third-order valence-electron chi connectivity index (χ3n) is 1.41. The molecule has 0 atom stereocenters. The molecular formula is C7H7FN2O2. The van der Waals surface area contributed by atoms with E-state index >= 15 is 0 Å². The van der Waals surface area contributed by atoms with Gasteiger partial charge in [-0.3, -0.25) is 14.2 Å². The normalized spacial score (nSPS) is 9.75. The van der Waals surface area contributed by atoms with Crippen LogP contribution in [-0.2, 0) is 6.80 Å². The molecule has 0 aromatic carbocycles. The van der Waals surface area contributed by atoms with Crippen LogP contribution in [0.15, 0.2) is 23.1 Å². The molecule has 12 heavy (non-hydrogen) atoms. The Bertz CT molecular complexity index is 359. The molecule has 1 heterocycles. The Hall–Kier alpha value is -1.65. The quantitative estimate of drug-likeness (QED) is 0.672. The van der Waals surface area contributed by atoms with Gasteiger partial charge in [-0.05, 0) is 12.1 Å². The maximum absolute atomic E-state index is 12.0. The lowest BCUT2D eigenvalue weighted by Crippen LogP contribution is -2.28. The molecule has 0 aliphatic rings. The number of primary amides is 1. The summed E-state index contributed by atoms with van der Waals surface area (Å²) in [5.41, 5.74) is 3.96. The number of halogens is 1. The molecule has 1 amide bonds. The van der Waals surface area contributed by atoms with Crippen molar-refractivity contribution in [3.8, 4) is 0 Å². The first-order chi connectivity index (χ1) is 5.66. The van der Waals surface area contributed by atoms with Gasteiger partial charge in [-0.25, -0.2) is 4.39 Å². The number of rotatable bonds is 2. The van der Waals surface area contributed by atoms with E-state index in [0.717, 1.165) is 4.57 Å². The fourth-order valence-electron chi connectivity index (χ4n) is 0.818. The Morgan fingerprint density at radius 3 is 2.83 bits per heavy atom. The smallest absolute Gasteiger partial charge is 0.265 e. The summed E-state index contributed by atoms with van der Waals surface area (Å²) in [5.74, 6) is -0.845. The van der Waals surface area contributed by atoms with Crippen LogP contribution < -0.4 is 11.3 Å². The second kappa shape index (κ2) is 3.17. The molecule has 0 unspecified atom stereocenters. The molecule has 2 N–H and O–H groups in total. The van der Waals surface area contributed by atoms with Crippen molar-refractivity contribution in [3.05, 3.63) is 34.2 Å². The summed E-state index contributed by atoms with van der Waals surface area (Å²) < 4.78 is 12.8. The highest BCUT2D eigenvalue weighted by molar-refractivity contribution is 5.92. The topological polar surface area (TPSA) is 65.1 Å². The van der Waals surface area contributed by atoms with Gasteiger partial charge in [-0.15, -0.1) is 0 Å². The first kappa shape index (κ1) is 8.45. The number of pyridine rings is 1. The lowest BCUT2D eigenvalue weighted by Gasteiger charge is -1.99. The van der Waals surface area contributed by atoms with Crippen LogP contribution in [0.3, 0.4) is 0 Å². The van der Waals surface area contributed by atoms with E-state index in [9.17, 15) is 14.0 Å². The first-order valence-electron chi connectivity index (χ1n) is 3.22. The van der Waals surface area contributed by atoms with Crippen LogP contribution in [0.4, 0.5) is 4.39 Å². The molecule has 0 aliphatic carbocycles. The number of hydrogen-bond donors (Lipinski definition) is 1. The van der Waals surface area contributed by atoms with Gasteiger partial charge in [0.2, 0.25) is 0 Å². The number of aromatic nitrogens is 1. The van der Waals surface area contributed by atoms with Crippen molar-refractivity contribution >= 4 is 5.91 Å². The zero-order valence-corrected chi connectivity index (χ0v) is 6.16. The van der Waals surface area contributed by atoms with Crippen LogP contribution in [0.5, 0.6) is 0 Å². The van der Waals surface area contributed by atoms with Crippen molar-refractivity contribution in [3.63, 3.8) is 0 Å². The molecule has 0 fully saturated rings. The van der Waals surface area contributed by atoms with E-state index in [1.165, 1.54) is 18.3 Å². The Balaban J connectivity index is 3.33. The van der Waals surface area contributed by atoms with E-state index in [0.29, 0.717) is 0 Å². The Morgan fingerprint density at radius 2 is 2.33 bits per heavy atom. The predicted octanol–water partition coefficient (Wildman–Crippen LogP) is -0.126. The van der Waals surface area contributed by atoms with Crippen LogP contribution >= 0.6 is 0 Å². The maximum Gasteiger partial charge on any atom is 0.265 e. The first-order valence-corrected chi connectivity index (χ1v) is 3.22. The average Bonchev–Trinajstić information content (AvgIpc) is 2.04. The molecule has 0 saturated carbocycles. The molecule has 1 rings (SSSR count). The van der Waals surface area contributed by atoms with E-state index in [1.54, 1.807) is 0 Å². The van der Waals surface area contributed by atoms with Crippen molar-refractivity contribution in [2.45, 2.75) is 6.80 Å². The summed E-state index contributed by atoms with van der Waals surface area (Å²) >= 11 is 0. The third-order valence-corrected chi connectivity index (χ3v) is 1.41. The van der Waals surface area contributed by atoms with Crippen molar-refractivity contribution in [1.82, 2.24) is 4.57 Å². The highest BCUT2D eigenvalue weighted by atomic mass is 19.1. The number of amides is 1. The lowest BCUT2D eigenvalue weighted by atomic mass is 10.3. The van der Waals surface area contributed by atoms with Crippen LogP contribution in [0, 0.1) is 0 Å². The van der Waals surface area contributed by atoms with Crippen LogP contribution in [-0.4, -0.2) is 10.5 Å². The van der Waals surface area contributed by atoms with Gasteiger partial charge in [0, 0.05) is 6.20 Å². The van der Waals surface area contributed by atoms with E-state index in [4.69, 9.17) is 5.73 Å². The molecule has 0 bridgehead atoms. The number of nitrogens with zero attached hydrogens (tertiary/aromatic N) is 1. The van der Waals surface area contributed by atoms with Gasteiger partial charge >= 0.3 is 0 Å². The van der Waals surface area contributed by atoms with Gasteiger partial charge in [-0.2, -0.15) is 0 Å². The molecule has 64 valence electrons. The molecule has 0 saturated heterocycles. The summed E-state index contributed by atoms with van der Waals surface area (Å²) in [6.45, 7) is -0.958. The molecule has 5 heteroatoms. The molecule has 0 aliphatic heterocycles. The number of alkyl halides is 1. The number of carbonyl (C=O) groups is 1. The number of hydrogen-bond acceptors (Lipinski definition) is 2. The molecule has 0 radical (unpaired) electrons. The van der Waals surface area contributed by atoms with Gasteiger partial charge < -0.3 is 5.73 Å². The summed E-state index contributed by atoms with van der Waals surface area (Å²) in [6.07, 6.45) is 1.24. The van der Waals surface area contributed by atoms with Crippen molar-refractivity contribution in [2.24, 2.45) is 5.73 Å². The average molecular weight is 170 g/mol. The summed E-state index contributed by atoms with van der Waals surface area (Å²) in [7, 11) is 0. The van der Waals surface area contributed by atoms with Gasteiger partial charge in [0.25, 0.3) is 11.5 Å². The van der Waals surface area contributed by atoms with E-state index in [-0.39, 0.29) is 5.56 Å². The Morgan fingerprint density at radius 1 is 1.67 bits per heavy atom. The lowest BCUT2D eigenvalue weighted by molar-refractivity contribution is 0.0998. The Labute approximate surface area is 67.4 Å². The minimum atomic E-state index is -0.958. The highest BCUT2D eigenvalue weighted by Gasteiger charge is 2.06.